The van der Waals surface area contributed by atoms with E-state index in [9.17, 15) is 0 Å². The van der Waals surface area contributed by atoms with E-state index in [1.54, 1.807) is 7.11 Å². The molecule has 1 saturated heterocycles. The molecule has 0 aliphatic carbocycles. The summed E-state index contributed by atoms with van der Waals surface area (Å²) in [6.45, 7) is 1.99. The molecule has 0 saturated carbocycles. The van der Waals surface area contributed by atoms with Crippen LogP contribution in [0.3, 0.4) is 0 Å². The van der Waals surface area contributed by atoms with Crippen molar-refractivity contribution in [2.45, 2.75) is 12.0 Å². The summed E-state index contributed by atoms with van der Waals surface area (Å²) in [5.41, 5.74) is 5.31. The summed E-state index contributed by atoms with van der Waals surface area (Å²) in [5, 5.41) is 0. The quantitative estimate of drug-likeness (QED) is 0.562. The summed E-state index contributed by atoms with van der Waals surface area (Å²) < 4.78 is 10.3. The van der Waals surface area contributed by atoms with Crippen LogP contribution in [0.5, 0.6) is 0 Å². The highest BCUT2D eigenvalue weighted by atomic mass is 16.5. The Hall–Kier alpha value is -0.120. The molecule has 3 heteroatoms. The first-order valence-electron chi connectivity index (χ1n) is 3.16. The summed E-state index contributed by atoms with van der Waals surface area (Å²) in [5.74, 6) is 0. The van der Waals surface area contributed by atoms with Crippen molar-refractivity contribution < 1.29 is 9.47 Å². The zero-order valence-electron chi connectivity index (χ0n) is 5.72. The van der Waals surface area contributed by atoms with Crippen molar-refractivity contribution in [3.8, 4) is 0 Å². The molecular weight excluding hydrogens is 118 g/mol. The Balaban J connectivity index is 2.45. The van der Waals surface area contributed by atoms with Gasteiger partial charge in [-0.25, -0.2) is 0 Å². The lowest BCUT2D eigenvalue weighted by molar-refractivity contribution is -0.00940. The van der Waals surface area contributed by atoms with Crippen LogP contribution >= 0.6 is 0 Å². The topological polar surface area (TPSA) is 44.5 Å². The molecule has 0 unspecified atom stereocenters. The molecule has 54 valence electrons. The van der Waals surface area contributed by atoms with Crippen molar-refractivity contribution >= 4 is 0 Å². The lowest BCUT2D eigenvalue weighted by atomic mass is 10.0. The monoisotopic (exact) mass is 131 g/mol. The lowest BCUT2D eigenvalue weighted by Gasteiger charge is -2.22. The Morgan fingerprint density at radius 1 is 1.78 bits per heavy atom. The van der Waals surface area contributed by atoms with E-state index in [4.69, 9.17) is 15.2 Å². The van der Waals surface area contributed by atoms with E-state index in [1.807, 2.05) is 0 Å². The van der Waals surface area contributed by atoms with Gasteiger partial charge in [0.2, 0.25) is 0 Å². The maximum Gasteiger partial charge on any atom is 0.105 e. The second kappa shape index (κ2) is 2.64. The largest absolute Gasteiger partial charge is 0.378 e. The van der Waals surface area contributed by atoms with Gasteiger partial charge in [-0.3, -0.25) is 0 Å². The zero-order valence-corrected chi connectivity index (χ0v) is 5.72. The third-order valence-corrected chi connectivity index (χ3v) is 1.87. The van der Waals surface area contributed by atoms with Crippen molar-refractivity contribution in [2.75, 3.05) is 26.9 Å². The third-order valence-electron chi connectivity index (χ3n) is 1.87. The van der Waals surface area contributed by atoms with Crippen molar-refractivity contribution in [1.29, 1.82) is 0 Å². The van der Waals surface area contributed by atoms with Gasteiger partial charge in [0.05, 0.1) is 6.61 Å². The molecule has 2 N–H and O–H groups in total. The summed E-state index contributed by atoms with van der Waals surface area (Å²) in [6.07, 6.45) is 0.931. The van der Waals surface area contributed by atoms with Crippen LogP contribution in [0.25, 0.3) is 0 Å². The highest BCUT2D eigenvalue weighted by Gasteiger charge is 2.32. The highest BCUT2D eigenvalue weighted by molar-refractivity contribution is 4.85. The molecule has 1 rings (SSSR count). The molecule has 1 atom stereocenters. The molecule has 1 fully saturated rings. The fourth-order valence-corrected chi connectivity index (χ4v) is 0.994. The van der Waals surface area contributed by atoms with Crippen LogP contribution in [-0.2, 0) is 9.47 Å². The van der Waals surface area contributed by atoms with Crippen LogP contribution in [-0.4, -0.2) is 32.5 Å². The van der Waals surface area contributed by atoms with E-state index in [0.717, 1.165) is 13.0 Å². The Morgan fingerprint density at radius 3 is 2.78 bits per heavy atom. The third kappa shape index (κ3) is 1.23. The van der Waals surface area contributed by atoms with Crippen LogP contribution < -0.4 is 5.73 Å². The normalized spacial score (nSPS) is 35.3. The minimum Gasteiger partial charge on any atom is -0.378 e. The molecule has 3 nitrogen and oxygen atoms in total. The van der Waals surface area contributed by atoms with Crippen molar-refractivity contribution in [3.63, 3.8) is 0 Å². The van der Waals surface area contributed by atoms with Gasteiger partial charge in [0.15, 0.2) is 0 Å². The Morgan fingerprint density at radius 2 is 2.56 bits per heavy atom. The molecular formula is C6H13NO2. The Bertz CT molecular complexity index is 83.1. The SMILES string of the molecule is CO[C@]1(CN)CCOC1. The number of rotatable bonds is 2. The standard InChI is InChI=1S/C6H13NO2/c1-8-6(4-7)2-3-9-5-6/h2-5,7H2,1H3/t6-/m0/s1. The molecule has 0 aromatic carbocycles. The molecule has 0 radical (unpaired) electrons. The predicted molar refractivity (Wildman–Crippen MR) is 34.2 cm³/mol. The first kappa shape index (κ1) is 6.99. The van der Waals surface area contributed by atoms with Gasteiger partial charge in [-0.2, -0.15) is 0 Å². The van der Waals surface area contributed by atoms with Gasteiger partial charge in [0.1, 0.15) is 5.60 Å². The minimum atomic E-state index is -0.167. The van der Waals surface area contributed by atoms with E-state index in [-0.39, 0.29) is 5.60 Å². The van der Waals surface area contributed by atoms with E-state index in [1.165, 1.54) is 0 Å². The predicted octanol–water partition coefficient (Wildman–Crippen LogP) is -0.249. The maximum atomic E-state index is 5.47. The van der Waals surface area contributed by atoms with Crippen molar-refractivity contribution in [1.82, 2.24) is 0 Å². The first-order chi connectivity index (χ1) is 4.33. The van der Waals surface area contributed by atoms with Gasteiger partial charge in [0.25, 0.3) is 0 Å². The summed E-state index contributed by atoms with van der Waals surface area (Å²) in [4.78, 5) is 0. The van der Waals surface area contributed by atoms with E-state index in [0.29, 0.717) is 13.2 Å². The summed E-state index contributed by atoms with van der Waals surface area (Å²) in [6, 6.07) is 0. The summed E-state index contributed by atoms with van der Waals surface area (Å²) >= 11 is 0. The number of methoxy groups -OCH3 is 1. The molecule has 0 aromatic heterocycles. The molecule has 0 spiro atoms. The number of hydrogen-bond donors (Lipinski definition) is 1. The molecule has 1 aliphatic rings. The minimum absolute atomic E-state index is 0.167. The lowest BCUT2D eigenvalue weighted by Crippen LogP contribution is -2.40. The van der Waals surface area contributed by atoms with E-state index < -0.39 is 0 Å². The Kier molecular flexibility index (Phi) is 2.05. The second-order valence-corrected chi connectivity index (χ2v) is 2.39. The van der Waals surface area contributed by atoms with Gasteiger partial charge in [-0.05, 0) is 0 Å². The number of hydrogen-bond acceptors (Lipinski definition) is 3. The smallest absolute Gasteiger partial charge is 0.105 e. The van der Waals surface area contributed by atoms with E-state index in [2.05, 4.69) is 0 Å². The van der Waals surface area contributed by atoms with Gasteiger partial charge in [-0.15, -0.1) is 0 Å². The number of nitrogens with two attached hydrogens (primary N) is 1. The summed E-state index contributed by atoms with van der Waals surface area (Å²) in [7, 11) is 1.68. The van der Waals surface area contributed by atoms with Crippen LogP contribution in [0.2, 0.25) is 0 Å². The molecule has 1 heterocycles. The Labute approximate surface area is 55.1 Å². The van der Waals surface area contributed by atoms with Crippen molar-refractivity contribution in [3.05, 3.63) is 0 Å². The van der Waals surface area contributed by atoms with Gasteiger partial charge < -0.3 is 15.2 Å². The van der Waals surface area contributed by atoms with Crippen LogP contribution in [0.1, 0.15) is 6.42 Å². The molecule has 0 bridgehead atoms. The van der Waals surface area contributed by atoms with Gasteiger partial charge in [0, 0.05) is 26.7 Å². The van der Waals surface area contributed by atoms with Crippen LogP contribution in [0, 0.1) is 0 Å². The van der Waals surface area contributed by atoms with E-state index >= 15 is 0 Å². The number of ether oxygens (including phenoxy) is 2. The highest BCUT2D eigenvalue weighted by Crippen LogP contribution is 2.20. The maximum absolute atomic E-state index is 5.47. The molecule has 1 aliphatic heterocycles. The molecule has 0 amide bonds. The molecule has 0 aromatic rings. The second-order valence-electron chi connectivity index (χ2n) is 2.39. The van der Waals surface area contributed by atoms with Crippen LogP contribution in [0.15, 0.2) is 0 Å². The van der Waals surface area contributed by atoms with Crippen LogP contribution in [0.4, 0.5) is 0 Å². The zero-order chi connectivity index (χ0) is 6.74. The first-order valence-corrected chi connectivity index (χ1v) is 3.16. The molecule has 9 heavy (non-hydrogen) atoms. The fourth-order valence-electron chi connectivity index (χ4n) is 0.994. The average molecular weight is 131 g/mol. The fraction of sp³-hybridized carbons (Fsp3) is 1.00. The van der Waals surface area contributed by atoms with Gasteiger partial charge in [-0.1, -0.05) is 0 Å². The van der Waals surface area contributed by atoms with Crippen molar-refractivity contribution in [2.24, 2.45) is 5.73 Å². The van der Waals surface area contributed by atoms with Gasteiger partial charge >= 0.3 is 0 Å². The average Bonchev–Trinajstić information content (AvgIpc) is 2.36.